The molecule has 3 rings (SSSR count). The number of likely N-dealkylation sites (tertiary alicyclic amines) is 1. The van der Waals surface area contributed by atoms with Crippen LogP contribution in [0.2, 0.25) is 0 Å². The van der Waals surface area contributed by atoms with Gasteiger partial charge in [0.2, 0.25) is 11.8 Å². The molecule has 5 nitrogen and oxygen atoms in total. The molecule has 2 heterocycles. The zero-order chi connectivity index (χ0) is 17.1. The highest BCUT2D eigenvalue weighted by atomic mass is 19.1. The topological polar surface area (TPSA) is 62.3 Å². The molecular weight excluding hydrogens is 309 g/mol. The minimum atomic E-state index is -0.336. The normalized spacial score (nSPS) is 20.2. The monoisotopic (exact) mass is 327 g/mol. The largest absolute Gasteiger partial charge is 0.350 e. The van der Waals surface area contributed by atoms with Gasteiger partial charge in [0, 0.05) is 25.9 Å². The average molecular weight is 327 g/mol. The third kappa shape index (κ3) is 3.42. The van der Waals surface area contributed by atoms with Gasteiger partial charge in [-0.3, -0.25) is 14.6 Å². The lowest BCUT2D eigenvalue weighted by Gasteiger charge is -2.26. The standard InChI is InChI=1S/C18H18FN3O2/c1-22-17(24)10-15(18(22)13-4-6-14(19)7-5-13)21-16(23)9-12-3-2-8-20-11-12/h2-8,11,15,18H,9-10H2,1H3,(H,21,23). The van der Waals surface area contributed by atoms with E-state index in [2.05, 4.69) is 10.3 Å². The second kappa shape index (κ2) is 6.78. The third-order valence-electron chi connectivity index (χ3n) is 4.23. The number of hydrogen-bond donors (Lipinski definition) is 1. The molecule has 2 atom stereocenters. The molecule has 0 spiro atoms. The van der Waals surface area contributed by atoms with Crippen molar-refractivity contribution >= 4 is 11.8 Å². The quantitative estimate of drug-likeness (QED) is 0.932. The molecule has 0 saturated carbocycles. The summed E-state index contributed by atoms with van der Waals surface area (Å²) in [5.41, 5.74) is 1.61. The number of halogens is 1. The second-order valence-electron chi connectivity index (χ2n) is 5.92. The second-order valence-corrected chi connectivity index (χ2v) is 5.92. The molecule has 1 fully saturated rings. The average Bonchev–Trinajstić information content (AvgIpc) is 2.83. The minimum Gasteiger partial charge on any atom is -0.350 e. The maximum absolute atomic E-state index is 13.1. The molecule has 2 unspecified atom stereocenters. The predicted octanol–water partition coefficient (Wildman–Crippen LogP) is 1.85. The van der Waals surface area contributed by atoms with Crippen molar-refractivity contribution in [2.24, 2.45) is 0 Å². The van der Waals surface area contributed by atoms with E-state index in [9.17, 15) is 14.0 Å². The number of pyridine rings is 1. The molecule has 2 amide bonds. The molecule has 2 aromatic rings. The van der Waals surface area contributed by atoms with E-state index in [0.29, 0.717) is 0 Å². The van der Waals surface area contributed by atoms with Gasteiger partial charge in [-0.05, 0) is 29.3 Å². The Bertz CT molecular complexity index is 734. The number of aromatic nitrogens is 1. The number of benzene rings is 1. The van der Waals surface area contributed by atoms with Gasteiger partial charge in [0.05, 0.1) is 18.5 Å². The highest BCUT2D eigenvalue weighted by molar-refractivity contribution is 5.83. The van der Waals surface area contributed by atoms with E-state index in [0.717, 1.165) is 11.1 Å². The summed E-state index contributed by atoms with van der Waals surface area (Å²) in [6, 6.07) is 8.99. The van der Waals surface area contributed by atoms with Crippen LogP contribution in [0.5, 0.6) is 0 Å². The van der Waals surface area contributed by atoms with Gasteiger partial charge >= 0.3 is 0 Å². The first kappa shape index (κ1) is 16.1. The fourth-order valence-electron chi connectivity index (χ4n) is 3.06. The van der Waals surface area contributed by atoms with Crippen molar-refractivity contribution in [2.75, 3.05) is 7.05 Å². The molecule has 0 aliphatic carbocycles. The molecule has 6 heteroatoms. The van der Waals surface area contributed by atoms with Crippen LogP contribution in [0.1, 0.15) is 23.6 Å². The first-order valence-electron chi connectivity index (χ1n) is 7.74. The maximum atomic E-state index is 13.1. The Morgan fingerprint density at radius 2 is 2.08 bits per heavy atom. The number of nitrogens with one attached hydrogen (secondary N) is 1. The van der Waals surface area contributed by atoms with E-state index >= 15 is 0 Å². The van der Waals surface area contributed by atoms with Crippen LogP contribution in [0.25, 0.3) is 0 Å². The van der Waals surface area contributed by atoms with Crippen LogP contribution in [-0.4, -0.2) is 34.8 Å². The summed E-state index contributed by atoms with van der Waals surface area (Å²) < 4.78 is 13.1. The molecular formula is C18H18FN3O2. The van der Waals surface area contributed by atoms with Crippen LogP contribution in [0, 0.1) is 5.82 Å². The summed E-state index contributed by atoms with van der Waals surface area (Å²) >= 11 is 0. The van der Waals surface area contributed by atoms with Crippen molar-refractivity contribution in [3.05, 3.63) is 65.7 Å². The van der Waals surface area contributed by atoms with Gasteiger partial charge < -0.3 is 10.2 Å². The molecule has 1 aliphatic rings. The van der Waals surface area contributed by atoms with Crippen molar-refractivity contribution in [1.29, 1.82) is 0 Å². The molecule has 1 saturated heterocycles. The Morgan fingerprint density at radius 3 is 2.75 bits per heavy atom. The molecule has 24 heavy (non-hydrogen) atoms. The Balaban J connectivity index is 1.74. The summed E-state index contributed by atoms with van der Waals surface area (Å²) in [6.45, 7) is 0. The van der Waals surface area contributed by atoms with E-state index < -0.39 is 0 Å². The predicted molar refractivity (Wildman–Crippen MR) is 86.4 cm³/mol. The van der Waals surface area contributed by atoms with Crippen molar-refractivity contribution in [1.82, 2.24) is 15.2 Å². The first-order valence-corrected chi connectivity index (χ1v) is 7.74. The number of amides is 2. The molecule has 1 aliphatic heterocycles. The lowest BCUT2D eigenvalue weighted by molar-refractivity contribution is -0.127. The SMILES string of the molecule is CN1C(=O)CC(NC(=O)Cc2cccnc2)C1c1ccc(F)cc1. The zero-order valence-electron chi connectivity index (χ0n) is 13.3. The highest BCUT2D eigenvalue weighted by Crippen LogP contribution is 2.32. The van der Waals surface area contributed by atoms with Gasteiger partial charge in [-0.15, -0.1) is 0 Å². The summed E-state index contributed by atoms with van der Waals surface area (Å²) in [5.74, 6) is -0.540. The number of likely N-dealkylation sites (N-methyl/N-ethyl adjacent to an activating group) is 1. The van der Waals surface area contributed by atoms with Crippen LogP contribution in [0.15, 0.2) is 48.8 Å². The highest BCUT2D eigenvalue weighted by Gasteiger charge is 2.39. The van der Waals surface area contributed by atoms with E-state index in [1.54, 1.807) is 42.5 Å². The van der Waals surface area contributed by atoms with Crippen molar-refractivity contribution in [2.45, 2.75) is 24.9 Å². The van der Waals surface area contributed by atoms with E-state index in [4.69, 9.17) is 0 Å². The van der Waals surface area contributed by atoms with Gasteiger partial charge in [0.1, 0.15) is 5.82 Å². The van der Waals surface area contributed by atoms with Gasteiger partial charge in [-0.2, -0.15) is 0 Å². The minimum absolute atomic E-state index is 0.0454. The summed E-state index contributed by atoms with van der Waals surface area (Å²) in [7, 11) is 1.70. The number of hydrogen-bond acceptors (Lipinski definition) is 3. The molecule has 1 aromatic carbocycles. The first-order chi connectivity index (χ1) is 11.5. The van der Waals surface area contributed by atoms with E-state index in [-0.39, 0.29) is 42.6 Å². The van der Waals surface area contributed by atoms with Gasteiger partial charge in [0.25, 0.3) is 0 Å². The number of carbonyl (C=O) groups excluding carboxylic acids is 2. The molecule has 0 bridgehead atoms. The number of carbonyl (C=O) groups is 2. The Kier molecular flexibility index (Phi) is 4.55. The number of nitrogens with zero attached hydrogens (tertiary/aromatic N) is 2. The van der Waals surface area contributed by atoms with Crippen LogP contribution in [0.3, 0.4) is 0 Å². The molecule has 1 N–H and O–H groups in total. The van der Waals surface area contributed by atoms with Crippen molar-refractivity contribution in [3.8, 4) is 0 Å². The fourth-order valence-corrected chi connectivity index (χ4v) is 3.06. The smallest absolute Gasteiger partial charge is 0.225 e. The maximum Gasteiger partial charge on any atom is 0.225 e. The molecule has 0 radical (unpaired) electrons. The molecule has 1 aromatic heterocycles. The zero-order valence-corrected chi connectivity index (χ0v) is 13.3. The summed E-state index contributed by atoms with van der Waals surface area (Å²) in [4.78, 5) is 29.9. The van der Waals surface area contributed by atoms with Gasteiger partial charge in [-0.1, -0.05) is 18.2 Å². The van der Waals surface area contributed by atoms with E-state index in [1.807, 2.05) is 6.07 Å². The summed E-state index contributed by atoms with van der Waals surface area (Å²) in [6.07, 6.45) is 3.73. The fraction of sp³-hybridized carbons (Fsp3) is 0.278. The van der Waals surface area contributed by atoms with Gasteiger partial charge in [0.15, 0.2) is 0 Å². The Hall–Kier alpha value is -2.76. The van der Waals surface area contributed by atoms with Crippen molar-refractivity contribution < 1.29 is 14.0 Å². The van der Waals surface area contributed by atoms with Crippen LogP contribution < -0.4 is 5.32 Å². The van der Waals surface area contributed by atoms with Crippen LogP contribution in [-0.2, 0) is 16.0 Å². The Morgan fingerprint density at radius 1 is 1.33 bits per heavy atom. The van der Waals surface area contributed by atoms with Crippen LogP contribution >= 0.6 is 0 Å². The number of rotatable bonds is 4. The summed E-state index contributed by atoms with van der Waals surface area (Å²) in [5, 5.41) is 2.93. The lowest BCUT2D eigenvalue weighted by atomic mass is 10.00. The van der Waals surface area contributed by atoms with Crippen LogP contribution in [0.4, 0.5) is 4.39 Å². The van der Waals surface area contributed by atoms with Crippen molar-refractivity contribution in [3.63, 3.8) is 0 Å². The molecule has 124 valence electrons. The lowest BCUT2D eigenvalue weighted by Crippen LogP contribution is -2.39. The van der Waals surface area contributed by atoms with Gasteiger partial charge in [-0.25, -0.2) is 4.39 Å². The third-order valence-corrected chi connectivity index (χ3v) is 4.23. The van der Waals surface area contributed by atoms with E-state index in [1.165, 1.54) is 12.1 Å². The Labute approximate surface area is 139 Å².